The number of nitrogens with one attached hydrogen (secondary N) is 1. The van der Waals surface area contributed by atoms with Gasteiger partial charge in [-0.1, -0.05) is 32.0 Å². The zero-order valence-electron chi connectivity index (χ0n) is 11.2. The van der Waals surface area contributed by atoms with Gasteiger partial charge in [0.2, 0.25) is 0 Å². The molecule has 2 aromatic rings. The second-order valence-electron chi connectivity index (χ2n) is 6.01. The molecule has 1 heterocycles. The van der Waals surface area contributed by atoms with Gasteiger partial charge in [-0.2, -0.15) is 0 Å². The molecule has 0 atom stereocenters. The molecule has 1 aliphatic rings. The Morgan fingerprint density at radius 1 is 1.28 bits per heavy atom. The van der Waals surface area contributed by atoms with Gasteiger partial charge < -0.3 is 9.73 Å². The Labute approximate surface area is 108 Å². The van der Waals surface area contributed by atoms with E-state index in [9.17, 15) is 0 Å². The molecule has 2 nitrogen and oxygen atoms in total. The highest BCUT2D eigenvalue weighted by Gasteiger charge is 2.26. The summed E-state index contributed by atoms with van der Waals surface area (Å²) in [6, 6.07) is 11.2. The van der Waals surface area contributed by atoms with Crippen LogP contribution in [0.1, 0.15) is 38.9 Å². The van der Waals surface area contributed by atoms with Crippen LogP contribution in [-0.4, -0.2) is 12.6 Å². The van der Waals surface area contributed by atoms with Gasteiger partial charge in [0, 0.05) is 16.8 Å². The number of hydrogen-bond donors (Lipinski definition) is 1. The predicted octanol–water partition coefficient (Wildman–Crippen LogP) is 3.85. The maximum absolute atomic E-state index is 5.98. The maximum Gasteiger partial charge on any atom is 0.134 e. The highest BCUT2D eigenvalue weighted by atomic mass is 16.3. The van der Waals surface area contributed by atoms with Gasteiger partial charge in [-0.3, -0.25) is 0 Å². The lowest BCUT2D eigenvalue weighted by Gasteiger charge is -2.22. The summed E-state index contributed by atoms with van der Waals surface area (Å²) < 4.78 is 5.98. The summed E-state index contributed by atoms with van der Waals surface area (Å²) in [5.41, 5.74) is 1.09. The quantitative estimate of drug-likeness (QED) is 0.862. The molecule has 1 saturated carbocycles. The molecular formula is C16H21NO. The Kier molecular flexibility index (Phi) is 2.90. The van der Waals surface area contributed by atoms with Crippen molar-refractivity contribution in [1.82, 2.24) is 5.32 Å². The lowest BCUT2D eigenvalue weighted by atomic mass is 9.86. The summed E-state index contributed by atoms with van der Waals surface area (Å²) in [5, 5.41) is 4.78. The molecule has 0 saturated heterocycles. The molecule has 0 unspecified atom stereocenters. The minimum absolute atomic E-state index is 0.0981. The molecule has 3 rings (SSSR count). The lowest BCUT2D eigenvalue weighted by Crippen LogP contribution is -2.26. The van der Waals surface area contributed by atoms with Crippen molar-refractivity contribution in [2.24, 2.45) is 0 Å². The first-order valence-electron chi connectivity index (χ1n) is 6.88. The van der Waals surface area contributed by atoms with Crippen molar-refractivity contribution in [1.29, 1.82) is 0 Å². The van der Waals surface area contributed by atoms with Crippen LogP contribution in [0.4, 0.5) is 0 Å². The van der Waals surface area contributed by atoms with Crippen molar-refractivity contribution in [3.8, 4) is 0 Å². The van der Waals surface area contributed by atoms with Crippen LogP contribution < -0.4 is 5.32 Å². The third-order valence-electron chi connectivity index (χ3n) is 3.85. The largest absolute Gasteiger partial charge is 0.461 e. The van der Waals surface area contributed by atoms with Crippen LogP contribution in [-0.2, 0) is 5.41 Å². The van der Waals surface area contributed by atoms with E-state index in [1.807, 2.05) is 12.1 Å². The van der Waals surface area contributed by atoms with Crippen LogP contribution in [0.3, 0.4) is 0 Å². The normalized spacial score (nSPS) is 16.3. The summed E-state index contributed by atoms with van der Waals surface area (Å²) in [7, 11) is 0. The van der Waals surface area contributed by atoms with Gasteiger partial charge in [-0.15, -0.1) is 0 Å². The van der Waals surface area contributed by atoms with E-state index < -0.39 is 0 Å². The standard InChI is InChI=1S/C16H21NO/c1-16(2,9-10-17-13-7-8-13)15-11-12-5-3-4-6-14(12)18-15/h3-6,11,13,17H,7-10H2,1-2H3. The molecule has 1 fully saturated rings. The first kappa shape index (κ1) is 11.8. The van der Waals surface area contributed by atoms with E-state index in [0.717, 1.165) is 30.4 Å². The number of benzene rings is 1. The van der Waals surface area contributed by atoms with Gasteiger partial charge >= 0.3 is 0 Å². The van der Waals surface area contributed by atoms with E-state index in [1.54, 1.807) is 0 Å². The summed E-state index contributed by atoms with van der Waals surface area (Å²) in [6.07, 6.45) is 3.82. The molecule has 18 heavy (non-hydrogen) atoms. The van der Waals surface area contributed by atoms with Crippen LogP contribution in [0.2, 0.25) is 0 Å². The van der Waals surface area contributed by atoms with Crippen molar-refractivity contribution in [3.63, 3.8) is 0 Å². The first-order chi connectivity index (χ1) is 8.65. The average Bonchev–Trinajstić information content (AvgIpc) is 3.05. The topological polar surface area (TPSA) is 25.2 Å². The Bertz CT molecular complexity index is 504. The minimum atomic E-state index is 0.0981. The molecule has 1 aromatic carbocycles. The fourth-order valence-electron chi connectivity index (χ4n) is 2.31. The fourth-order valence-corrected chi connectivity index (χ4v) is 2.31. The zero-order chi connectivity index (χ0) is 12.6. The maximum atomic E-state index is 5.98. The summed E-state index contributed by atoms with van der Waals surface area (Å²) in [4.78, 5) is 0. The number of fused-ring (bicyclic) bond motifs is 1. The van der Waals surface area contributed by atoms with Crippen LogP contribution in [0.25, 0.3) is 11.0 Å². The van der Waals surface area contributed by atoms with E-state index in [2.05, 4.69) is 37.4 Å². The zero-order valence-corrected chi connectivity index (χ0v) is 11.2. The van der Waals surface area contributed by atoms with Crippen LogP contribution in [0, 0.1) is 0 Å². The Morgan fingerprint density at radius 3 is 2.78 bits per heavy atom. The molecule has 0 radical (unpaired) electrons. The highest BCUT2D eigenvalue weighted by molar-refractivity contribution is 5.77. The van der Waals surface area contributed by atoms with E-state index in [0.29, 0.717) is 0 Å². The molecule has 0 spiro atoms. The Hall–Kier alpha value is -1.28. The average molecular weight is 243 g/mol. The third kappa shape index (κ3) is 2.44. The van der Waals surface area contributed by atoms with E-state index in [1.165, 1.54) is 18.2 Å². The number of rotatable bonds is 5. The number of furan rings is 1. The molecule has 96 valence electrons. The van der Waals surface area contributed by atoms with Gasteiger partial charge in [0.1, 0.15) is 11.3 Å². The fraction of sp³-hybridized carbons (Fsp3) is 0.500. The Balaban J connectivity index is 1.73. The van der Waals surface area contributed by atoms with E-state index in [4.69, 9.17) is 4.42 Å². The number of hydrogen-bond acceptors (Lipinski definition) is 2. The van der Waals surface area contributed by atoms with Crippen LogP contribution in [0.15, 0.2) is 34.7 Å². The summed E-state index contributed by atoms with van der Waals surface area (Å²) in [5.74, 6) is 1.10. The predicted molar refractivity (Wildman–Crippen MR) is 74.9 cm³/mol. The molecule has 0 aliphatic heterocycles. The first-order valence-corrected chi connectivity index (χ1v) is 6.88. The van der Waals surface area contributed by atoms with Gasteiger partial charge in [-0.25, -0.2) is 0 Å². The second-order valence-corrected chi connectivity index (χ2v) is 6.01. The molecule has 1 N–H and O–H groups in total. The summed E-state index contributed by atoms with van der Waals surface area (Å²) >= 11 is 0. The molecule has 1 aromatic heterocycles. The van der Waals surface area contributed by atoms with Crippen molar-refractivity contribution in [3.05, 3.63) is 36.1 Å². The second kappa shape index (κ2) is 4.43. The SMILES string of the molecule is CC(C)(CCNC1CC1)c1cc2ccccc2o1. The van der Waals surface area contributed by atoms with E-state index in [-0.39, 0.29) is 5.41 Å². The van der Waals surface area contributed by atoms with Crippen LogP contribution in [0.5, 0.6) is 0 Å². The molecule has 2 heteroatoms. The summed E-state index contributed by atoms with van der Waals surface area (Å²) in [6.45, 7) is 5.60. The monoisotopic (exact) mass is 243 g/mol. The van der Waals surface area contributed by atoms with Gasteiger partial charge in [-0.05, 0) is 37.9 Å². The van der Waals surface area contributed by atoms with Crippen molar-refractivity contribution in [2.45, 2.75) is 44.6 Å². The lowest BCUT2D eigenvalue weighted by molar-refractivity contribution is 0.370. The van der Waals surface area contributed by atoms with E-state index >= 15 is 0 Å². The van der Waals surface area contributed by atoms with Gasteiger partial charge in [0.15, 0.2) is 0 Å². The van der Waals surface area contributed by atoms with Crippen molar-refractivity contribution < 1.29 is 4.42 Å². The van der Waals surface area contributed by atoms with Gasteiger partial charge in [0.25, 0.3) is 0 Å². The minimum Gasteiger partial charge on any atom is -0.461 e. The smallest absolute Gasteiger partial charge is 0.134 e. The van der Waals surface area contributed by atoms with Gasteiger partial charge in [0.05, 0.1) is 0 Å². The molecular weight excluding hydrogens is 222 g/mol. The molecule has 0 bridgehead atoms. The molecule has 1 aliphatic carbocycles. The van der Waals surface area contributed by atoms with Crippen LogP contribution >= 0.6 is 0 Å². The molecule has 0 amide bonds. The van der Waals surface area contributed by atoms with Crippen molar-refractivity contribution in [2.75, 3.05) is 6.54 Å². The van der Waals surface area contributed by atoms with Crippen molar-refractivity contribution >= 4 is 11.0 Å². The Morgan fingerprint density at radius 2 is 2.06 bits per heavy atom. The number of para-hydroxylation sites is 1. The highest BCUT2D eigenvalue weighted by Crippen LogP contribution is 2.32. The third-order valence-corrected chi connectivity index (χ3v) is 3.85.